The van der Waals surface area contributed by atoms with Crippen LogP contribution in [0.4, 0.5) is 11.4 Å². The number of aryl methyl sites for hydroxylation is 3. The van der Waals surface area contributed by atoms with Crippen molar-refractivity contribution in [1.82, 2.24) is 4.90 Å². The van der Waals surface area contributed by atoms with Crippen LogP contribution in [0.25, 0.3) is 0 Å². The predicted octanol–water partition coefficient (Wildman–Crippen LogP) is 3.30. The normalized spacial score (nSPS) is 30.8. The predicted molar refractivity (Wildman–Crippen MR) is 121 cm³/mol. The molecule has 0 bridgehead atoms. The summed E-state index contributed by atoms with van der Waals surface area (Å²) >= 11 is 0. The molecule has 1 spiro atoms. The first-order valence-electron chi connectivity index (χ1n) is 11.6. The highest BCUT2D eigenvalue weighted by molar-refractivity contribution is 6.25. The van der Waals surface area contributed by atoms with Crippen LogP contribution in [0, 0.1) is 25.7 Å². The molecule has 2 aromatic carbocycles. The number of imide groups is 1. The highest BCUT2D eigenvalue weighted by atomic mass is 16.2. The third kappa shape index (κ3) is 2.26. The molecule has 0 aromatic heterocycles. The lowest BCUT2D eigenvalue weighted by atomic mass is 9.75. The Labute approximate surface area is 187 Å². The van der Waals surface area contributed by atoms with Crippen LogP contribution in [0.3, 0.4) is 0 Å². The molecule has 4 aliphatic heterocycles. The molecule has 4 atom stereocenters. The molecule has 3 saturated heterocycles. The Morgan fingerprint density at radius 2 is 1.78 bits per heavy atom. The number of benzene rings is 2. The van der Waals surface area contributed by atoms with Crippen LogP contribution < -0.4 is 10.2 Å². The van der Waals surface area contributed by atoms with Gasteiger partial charge in [-0.1, -0.05) is 25.1 Å². The second-order valence-electron chi connectivity index (χ2n) is 9.72. The maximum atomic E-state index is 14.0. The Bertz CT molecular complexity index is 1180. The number of nitrogens with one attached hydrogen (secondary N) is 1. The van der Waals surface area contributed by atoms with Crippen LogP contribution in [0.1, 0.15) is 42.0 Å². The van der Waals surface area contributed by atoms with E-state index < -0.39 is 17.4 Å². The molecule has 0 saturated carbocycles. The molecule has 3 fully saturated rings. The number of anilines is 2. The van der Waals surface area contributed by atoms with Crippen LogP contribution in [-0.2, 0) is 26.3 Å². The maximum absolute atomic E-state index is 14.0. The van der Waals surface area contributed by atoms with Crippen molar-refractivity contribution in [2.45, 2.75) is 51.6 Å². The van der Waals surface area contributed by atoms with E-state index in [1.807, 2.05) is 44.2 Å². The van der Waals surface area contributed by atoms with Gasteiger partial charge in [0.25, 0.3) is 0 Å². The minimum absolute atomic E-state index is 0.0886. The van der Waals surface area contributed by atoms with Crippen LogP contribution >= 0.6 is 0 Å². The smallest absolute Gasteiger partial charge is 0.250 e. The van der Waals surface area contributed by atoms with Gasteiger partial charge >= 0.3 is 0 Å². The number of carbonyl (C=O) groups excluding carboxylic acids is 3. The van der Waals surface area contributed by atoms with Crippen LogP contribution in [0.5, 0.6) is 0 Å². The number of hydrogen-bond donors (Lipinski definition) is 1. The average molecular weight is 430 g/mol. The molecule has 4 aliphatic rings. The van der Waals surface area contributed by atoms with Gasteiger partial charge in [-0.15, -0.1) is 0 Å². The standard InChI is InChI=1S/C26H27N3O3/c1-4-16-7-8-19-18(13-16)26(25(32)27-19)22-21(20-6-5-9-28(20)26)23(30)29(24(22)31)17-11-14(2)10-15(3)12-17/h7-8,10-13,20-22H,4-6,9H2,1-3H3,(H,27,32)/t20-,21+,22-,26+/m0/s1. The molecule has 4 heterocycles. The number of nitrogens with zero attached hydrogens (tertiary/aromatic N) is 2. The van der Waals surface area contributed by atoms with Gasteiger partial charge in [-0.25, -0.2) is 4.90 Å². The van der Waals surface area contributed by atoms with Crippen molar-refractivity contribution < 1.29 is 14.4 Å². The molecule has 1 N–H and O–H groups in total. The summed E-state index contributed by atoms with van der Waals surface area (Å²) in [6.45, 7) is 6.75. The summed E-state index contributed by atoms with van der Waals surface area (Å²) in [5, 5.41) is 3.05. The fourth-order valence-corrected chi connectivity index (χ4v) is 6.80. The molecule has 6 nitrogen and oxygen atoms in total. The number of fused-ring (bicyclic) bond motifs is 7. The summed E-state index contributed by atoms with van der Waals surface area (Å²) in [6.07, 6.45) is 2.60. The van der Waals surface area contributed by atoms with Gasteiger partial charge in [-0.05, 0) is 74.5 Å². The van der Waals surface area contributed by atoms with Crippen LogP contribution in [-0.4, -0.2) is 35.2 Å². The molecule has 3 amide bonds. The second-order valence-corrected chi connectivity index (χ2v) is 9.72. The van der Waals surface area contributed by atoms with Crippen molar-refractivity contribution in [2.24, 2.45) is 11.8 Å². The number of rotatable bonds is 2. The van der Waals surface area contributed by atoms with Crippen molar-refractivity contribution >= 4 is 29.1 Å². The first kappa shape index (κ1) is 19.7. The lowest BCUT2D eigenvalue weighted by Crippen LogP contribution is -2.54. The Balaban J connectivity index is 1.56. The molecule has 164 valence electrons. The van der Waals surface area contributed by atoms with Crippen molar-refractivity contribution in [3.63, 3.8) is 0 Å². The molecule has 32 heavy (non-hydrogen) atoms. The first-order chi connectivity index (χ1) is 15.4. The van der Waals surface area contributed by atoms with E-state index in [-0.39, 0.29) is 23.8 Å². The topological polar surface area (TPSA) is 69.7 Å². The van der Waals surface area contributed by atoms with Gasteiger partial charge in [0.15, 0.2) is 0 Å². The van der Waals surface area contributed by atoms with Gasteiger partial charge in [0, 0.05) is 17.3 Å². The molecular weight excluding hydrogens is 402 g/mol. The van der Waals surface area contributed by atoms with Gasteiger partial charge in [0.1, 0.15) is 5.54 Å². The summed E-state index contributed by atoms with van der Waals surface area (Å²) < 4.78 is 0. The third-order valence-electron chi connectivity index (χ3n) is 7.93. The van der Waals surface area contributed by atoms with E-state index in [9.17, 15) is 14.4 Å². The quantitative estimate of drug-likeness (QED) is 0.744. The summed E-state index contributed by atoms with van der Waals surface area (Å²) in [5.74, 6) is -1.76. The van der Waals surface area contributed by atoms with Crippen molar-refractivity contribution in [3.8, 4) is 0 Å². The molecule has 6 heteroatoms. The van der Waals surface area contributed by atoms with Gasteiger partial charge in [-0.2, -0.15) is 0 Å². The number of carbonyl (C=O) groups is 3. The summed E-state index contributed by atoms with van der Waals surface area (Å²) in [5.41, 5.74) is 4.28. The van der Waals surface area contributed by atoms with E-state index in [1.54, 1.807) is 0 Å². The lowest BCUT2D eigenvalue weighted by Gasteiger charge is -2.36. The highest BCUT2D eigenvalue weighted by Gasteiger charge is 2.74. The van der Waals surface area contributed by atoms with E-state index in [0.717, 1.165) is 53.7 Å². The Kier molecular flexibility index (Phi) is 4.01. The first-order valence-corrected chi connectivity index (χ1v) is 11.6. The summed E-state index contributed by atoms with van der Waals surface area (Å²) in [6, 6.07) is 11.8. The molecule has 0 radical (unpaired) electrons. The van der Waals surface area contributed by atoms with Crippen molar-refractivity contribution in [3.05, 3.63) is 58.7 Å². The zero-order chi connectivity index (χ0) is 22.4. The lowest BCUT2D eigenvalue weighted by molar-refractivity contribution is -0.135. The van der Waals surface area contributed by atoms with E-state index in [2.05, 4.69) is 23.2 Å². The Morgan fingerprint density at radius 3 is 2.50 bits per heavy atom. The number of hydrogen-bond acceptors (Lipinski definition) is 4. The zero-order valence-corrected chi connectivity index (χ0v) is 18.6. The minimum Gasteiger partial charge on any atom is -0.324 e. The average Bonchev–Trinajstić information content (AvgIpc) is 3.45. The van der Waals surface area contributed by atoms with E-state index in [1.165, 1.54) is 4.90 Å². The fraction of sp³-hybridized carbons (Fsp3) is 0.423. The molecule has 2 aromatic rings. The van der Waals surface area contributed by atoms with E-state index in [4.69, 9.17) is 0 Å². The number of amides is 3. The van der Waals surface area contributed by atoms with E-state index >= 15 is 0 Å². The van der Waals surface area contributed by atoms with Crippen LogP contribution in [0.2, 0.25) is 0 Å². The zero-order valence-electron chi connectivity index (χ0n) is 18.6. The fourth-order valence-electron chi connectivity index (χ4n) is 6.80. The van der Waals surface area contributed by atoms with Gasteiger partial charge in [-0.3, -0.25) is 19.3 Å². The van der Waals surface area contributed by atoms with Crippen molar-refractivity contribution in [2.75, 3.05) is 16.8 Å². The molecule has 6 rings (SSSR count). The summed E-state index contributed by atoms with van der Waals surface area (Å²) in [7, 11) is 0. The second kappa shape index (κ2) is 6.51. The summed E-state index contributed by atoms with van der Waals surface area (Å²) in [4.78, 5) is 45.1. The van der Waals surface area contributed by atoms with E-state index in [0.29, 0.717) is 5.69 Å². The van der Waals surface area contributed by atoms with Gasteiger partial charge < -0.3 is 5.32 Å². The van der Waals surface area contributed by atoms with Gasteiger partial charge in [0.2, 0.25) is 17.7 Å². The SMILES string of the molecule is CCc1ccc2c(c1)[C@]1(C(=O)N2)[C@@H]2C(=O)N(c3cc(C)cc(C)c3)C(=O)[C@@H]2[C@@H]2CCCN21. The highest BCUT2D eigenvalue weighted by Crippen LogP contribution is 2.60. The largest absolute Gasteiger partial charge is 0.324 e. The van der Waals surface area contributed by atoms with Crippen LogP contribution in [0.15, 0.2) is 36.4 Å². The molecular formula is C26H27N3O3. The third-order valence-corrected chi connectivity index (χ3v) is 7.93. The maximum Gasteiger partial charge on any atom is 0.250 e. The minimum atomic E-state index is -1.10. The molecule has 0 unspecified atom stereocenters. The monoisotopic (exact) mass is 429 g/mol. The molecule has 0 aliphatic carbocycles. The Morgan fingerprint density at radius 1 is 1.03 bits per heavy atom. The van der Waals surface area contributed by atoms with Gasteiger partial charge in [0.05, 0.1) is 17.5 Å². The Hall–Kier alpha value is -2.99. The van der Waals surface area contributed by atoms with Crippen molar-refractivity contribution in [1.29, 1.82) is 0 Å².